The van der Waals surface area contributed by atoms with Crippen molar-refractivity contribution >= 4 is 28.6 Å². The van der Waals surface area contributed by atoms with E-state index in [1.165, 1.54) is 0 Å². The molecule has 1 N–H and O–H groups in total. The van der Waals surface area contributed by atoms with Crippen LogP contribution in [0.4, 0.5) is 11.9 Å². The number of carbonyl (C=O) groups is 1. The van der Waals surface area contributed by atoms with Gasteiger partial charge in [-0.3, -0.25) is 10.1 Å². The van der Waals surface area contributed by atoms with E-state index < -0.39 is 0 Å². The zero-order chi connectivity index (χ0) is 20.0. The van der Waals surface area contributed by atoms with Gasteiger partial charge < -0.3 is 4.42 Å². The molecule has 7 nitrogen and oxygen atoms in total. The maximum absolute atomic E-state index is 12.5. The summed E-state index contributed by atoms with van der Waals surface area (Å²) < 4.78 is 5.49. The molecule has 7 heteroatoms. The fourth-order valence-electron chi connectivity index (χ4n) is 3.78. The molecule has 3 heterocycles. The minimum atomic E-state index is -0.00473. The molecule has 0 amide bonds. The van der Waals surface area contributed by atoms with Crippen LogP contribution in [0.25, 0.3) is 10.9 Å². The standard InChI is InChI=1S/C22H19N5O2/c1-12-5-6-15-13(2)24-22(26-17(15)8-12)27-21-23-11-16-18(25-21)9-14(10-19(16)28)20-4-3-7-29-20/h3-8,11,14H,9-10H2,1-2H3,(H,23,24,25,26,27). The summed E-state index contributed by atoms with van der Waals surface area (Å²) in [5, 5.41) is 4.11. The van der Waals surface area contributed by atoms with Crippen molar-refractivity contribution in [3.8, 4) is 0 Å². The average molecular weight is 385 g/mol. The number of ketones is 1. The van der Waals surface area contributed by atoms with E-state index in [9.17, 15) is 4.79 Å². The van der Waals surface area contributed by atoms with Crippen molar-refractivity contribution in [1.82, 2.24) is 19.9 Å². The van der Waals surface area contributed by atoms with Gasteiger partial charge in [-0.15, -0.1) is 0 Å². The van der Waals surface area contributed by atoms with Crippen LogP contribution in [-0.2, 0) is 6.42 Å². The predicted octanol–water partition coefficient (Wildman–Crippen LogP) is 4.29. The zero-order valence-corrected chi connectivity index (χ0v) is 16.1. The Balaban J connectivity index is 1.47. The van der Waals surface area contributed by atoms with Crippen molar-refractivity contribution in [1.29, 1.82) is 0 Å². The van der Waals surface area contributed by atoms with Gasteiger partial charge in [0.2, 0.25) is 11.9 Å². The highest BCUT2D eigenvalue weighted by Crippen LogP contribution is 2.32. The summed E-state index contributed by atoms with van der Waals surface area (Å²) in [6.07, 6.45) is 4.25. The van der Waals surface area contributed by atoms with E-state index in [-0.39, 0.29) is 11.7 Å². The molecule has 0 radical (unpaired) electrons. The molecule has 1 aromatic carbocycles. The monoisotopic (exact) mass is 385 g/mol. The first-order valence-corrected chi connectivity index (χ1v) is 9.51. The highest BCUT2D eigenvalue weighted by molar-refractivity contribution is 5.98. The Morgan fingerprint density at radius 2 is 1.97 bits per heavy atom. The Labute approximate surface area is 167 Å². The Hall–Kier alpha value is -3.61. The van der Waals surface area contributed by atoms with Crippen molar-refractivity contribution in [2.24, 2.45) is 0 Å². The number of Topliss-reactive ketones (excluding diaryl/α,β-unsaturated/α-hetero) is 1. The molecule has 0 saturated heterocycles. The van der Waals surface area contributed by atoms with Gasteiger partial charge in [0.25, 0.3) is 0 Å². The molecule has 1 aliphatic rings. The third-order valence-electron chi connectivity index (χ3n) is 5.25. The third-order valence-corrected chi connectivity index (χ3v) is 5.25. The van der Waals surface area contributed by atoms with Gasteiger partial charge in [-0.1, -0.05) is 12.1 Å². The average Bonchev–Trinajstić information content (AvgIpc) is 3.22. The summed E-state index contributed by atoms with van der Waals surface area (Å²) in [5.41, 5.74) is 4.17. The summed E-state index contributed by atoms with van der Waals surface area (Å²) in [6.45, 7) is 3.98. The van der Waals surface area contributed by atoms with E-state index in [0.717, 1.165) is 27.9 Å². The number of rotatable bonds is 3. The lowest BCUT2D eigenvalue weighted by molar-refractivity contribution is 0.0958. The smallest absolute Gasteiger partial charge is 0.230 e. The number of carbonyl (C=O) groups excluding carboxylic acids is 1. The lowest BCUT2D eigenvalue weighted by atomic mass is 9.85. The molecule has 1 unspecified atom stereocenters. The molecule has 0 fully saturated rings. The van der Waals surface area contributed by atoms with Gasteiger partial charge >= 0.3 is 0 Å². The van der Waals surface area contributed by atoms with Gasteiger partial charge in [-0.05, 0) is 37.6 Å². The van der Waals surface area contributed by atoms with Crippen LogP contribution in [0.1, 0.15) is 45.4 Å². The fraction of sp³-hybridized carbons (Fsp3) is 0.227. The molecule has 144 valence electrons. The number of fused-ring (bicyclic) bond motifs is 2. The second-order valence-electron chi connectivity index (χ2n) is 7.38. The number of anilines is 2. The maximum atomic E-state index is 12.5. The number of hydrogen-bond donors (Lipinski definition) is 1. The minimum absolute atomic E-state index is 0.00473. The van der Waals surface area contributed by atoms with E-state index >= 15 is 0 Å². The fourth-order valence-corrected chi connectivity index (χ4v) is 3.78. The third kappa shape index (κ3) is 3.24. The molecule has 4 aromatic rings. The molecular weight excluding hydrogens is 366 g/mol. The van der Waals surface area contributed by atoms with Crippen molar-refractivity contribution in [2.75, 3.05) is 5.32 Å². The first-order chi connectivity index (χ1) is 14.1. The quantitative estimate of drug-likeness (QED) is 0.562. The van der Waals surface area contributed by atoms with Crippen LogP contribution in [0.3, 0.4) is 0 Å². The second-order valence-corrected chi connectivity index (χ2v) is 7.38. The van der Waals surface area contributed by atoms with Crippen molar-refractivity contribution in [3.63, 3.8) is 0 Å². The highest BCUT2D eigenvalue weighted by atomic mass is 16.3. The number of nitrogens with zero attached hydrogens (tertiary/aromatic N) is 4. The normalized spacial score (nSPS) is 16.1. The molecule has 0 aliphatic heterocycles. The number of furan rings is 1. The number of hydrogen-bond acceptors (Lipinski definition) is 7. The van der Waals surface area contributed by atoms with Crippen molar-refractivity contribution in [3.05, 3.63) is 71.1 Å². The van der Waals surface area contributed by atoms with E-state index in [1.807, 2.05) is 44.2 Å². The summed E-state index contributed by atoms with van der Waals surface area (Å²) in [5.74, 6) is 1.65. The maximum Gasteiger partial charge on any atom is 0.230 e. The summed E-state index contributed by atoms with van der Waals surface area (Å²) in [6, 6.07) is 9.83. The van der Waals surface area contributed by atoms with E-state index in [4.69, 9.17) is 4.42 Å². The summed E-state index contributed by atoms with van der Waals surface area (Å²) in [7, 11) is 0. The first-order valence-electron chi connectivity index (χ1n) is 9.51. The molecule has 5 rings (SSSR count). The van der Waals surface area contributed by atoms with Crippen LogP contribution in [0.15, 0.2) is 47.2 Å². The second kappa shape index (κ2) is 6.77. The van der Waals surface area contributed by atoms with Crippen molar-refractivity contribution < 1.29 is 9.21 Å². The zero-order valence-electron chi connectivity index (χ0n) is 16.1. The topological polar surface area (TPSA) is 93.8 Å². The number of nitrogens with one attached hydrogen (secondary N) is 1. The largest absolute Gasteiger partial charge is 0.469 e. The van der Waals surface area contributed by atoms with Crippen LogP contribution in [0.5, 0.6) is 0 Å². The molecule has 0 spiro atoms. The van der Waals surface area contributed by atoms with Gasteiger partial charge in [0.05, 0.1) is 28.7 Å². The number of benzene rings is 1. The van der Waals surface area contributed by atoms with Crippen LogP contribution in [0, 0.1) is 13.8 Å². The first kappa shape index (κ1) is 17.5. The van der Waals surface area contributed by atoms with Crippen molar-refractivity contribution in [2.45, 2.75) is 32.6 Å². The molecule has 1 aliphatic carbocycles. The molecule has 1 atom stereocenters. The van der Waals surface area contributed by atoms with Gasteiger partial charge in [-0.2, -0.15) is 0 Å². The minimum Gasteiger partial charge on any atom is -0.469 e. The van der Waals surface area contributed by atoms with E-state index in [2.05, 4.69) is 25.3 Å². The molecule has 0 bridgehead atoms. The van der Waals surface area contributed by atoms with Gasteiger partial charge in [-0.25, -0.2) is 19.9 Å². The van der Waals surface area contributed by atoms with Gasteiger partial charge in [0.15, 0.2) is 5.78 Å². The highest BCUT2D eigenvalue weighted by Gasteiger charge is 2.29. The molecular formula is C22H19N5O2. The van der Waals surface area contributed by atoms with E-state index in [1.54, 1.807) is 12.5 Å². The number of aryl methyl sites for hydroxylation is 2. The Bertz CT molecular complexity index is 1230. The molecule has 3 aromatic heterocycles. The predicted molar refractivity (Wildman–Crippen MR) is 108 cm³/mol. The van der Waals surface area contributed by atoms with Crippen LogP contribution in [0.2, 0.25) is 0 Å². The lowest BCUT2D eigenvalue weighted by Crippen LogP contribution is -2.21. The Morgan fingerprint density at radius 1 is 1.07 bits per heavy atom. The van der Waals surface area contributed by atoms with Gasteiger partial charge in [0, 0.05) is 30.3 Å². The SMILES string of the molecule is Cc1ccc2c(C)nc(Nc3ncc4c(n3)CC(c3ccco3)CC4=O)nc2c1. The van der Waals surface area contributed by atoms with E-state index in [0.29, 0.717) is 36.0 Å². The Morgan fingerprint density at radius 3 is 2.79 bits per heavy atom. The van der Waals surface area contributed by atoms with Crippen LogP contribution >= 0.6 is 0 Å². The molecule has 29 heavy (non-hydrogen) atoms. The summed E-state index contributed by atoms with van der Waals surface area (Å²) in [4.78, 5) is 30.5. The lowest BCUT2D eigenvalue weighted by Gasteiger charge is -2.21. The van der Waals surface area contributed by atoms with Crippen LogP contribution < -0.4 is 5.32 Å². The van der Waals surface area contributed by atoms with Crippen LogP contribution in [-0.4, -0.2) is 25.7 Å². The Kier molecular flexibility index (Phi) is 4.08. The molecule has 0 saturated carbocycles. The number of aromatic nitrogens is 4. The van der Waals surface area contributed by atoms with Gasteiger partial charge in [0.1, 0.15) is 5.76 Å². The summed E-state index contributed by atoms with van der Waals surface area (Å²) >= 11 is 0.